The molecule has 1 aliphatic rings. The van der Waals surface area contributed by atoms with Gasteiger partial charge in [-0.1, -0.05) is 24.3 Å². The summed E-state index contributed by atoms with van der Waals surface area (Å²) >= 11 is 0. The lowest BCUT2D eigenvalue weighted by atomic mass is 10.0. The highest BCUT2D eigenvalue weighted by atomic mass is 19.3. The number of hydrogen-bond acceptors (Lipinski definition) is 4. The van der Waals surface area contributed by atoms with Crippen molar-refractivity contribution in [1.82, 2.24) is 0 Å². The van der Waals surface area contributed by atoms with E-state index in [1.165, 1.54) is 12.1 Å². The molecule has 0 saturated carbocycles. The largest absolute Gasteiger partial charge is 0.429 e. The molecule has 0 aliphatic carbocycles. The maximum Gasteiger partial charge on any atom is 0.429 e. The SMILES string of the molecule is C/C=C/CCC1COC(c2ccc(C(F)(F)Oc3ccc(C(F)(F)Oc4cc(F)c(F)c(F)c4)c(F)c3)cc2)OC1. The van der Waals surface area contributed by atoms with E-state index in [0.29, 0.717) is 30.9 Å². The Bertz CT molecular complexity index is 1350. The molecule has 0 spiro atoms. The first-order chi connectivity index (χ1) is 19.4. The molecule has 0 bridgehead atoms. The van der Waals surface area contributed by atoms with Crippen molar-refractivity contribution in [2.45, 2.75) is 38.3 Å². The first-order valence-electron chi connectivity index (χ1n) is 12.4. The van der Waals surface area contributed by atoms with E-state index in [4.69, 9.17) is 9.47 Å². The Morgan fingerprint density at radius 2 is 1.37 bits per heavy atom. The fraction of sp³-hybridized carbons (Fsp3) is 0.310. The van der Waals surface area contributed by atoms with E-state index in [0.717, 1.165) is 25.0 Å². The van der Waals surface area contributed by atoms with Gasteiger partial charge in [0.1, 0.15) is 22.9 Å². The molecule has 4 rings (SSSR count). The average molecular weight is 588 g/mol. The van der Waals surface area contributed by atoms with Crippen LogP contribution in [0.15, 0.2) is 66.7 Å². The van der Waals surface area contributed by atoms with Gasteiger partial charge in [0.25, 0.3) is 0 Å². The summed E-state index contributed by atoms with van der Waals surface area (Å²) in [6.45, 7) is 2.83. The van der Waals surface area contributed by atoms with Crippen LogP contribution >= 0.6 is 0 Å². The zero-order chi connectivity index (χ0) is 29.8. The molecule has 0 amide bonds. The molecule has 1 fully saturated rings. The summed E-state index contributed by atoms with van der Waals surface area (Å²) in [6.07, 6.45) is -3.44. The van der Waals surface area contributed by atoms with Crippen LogP contribution in [0.1, 0.15) is 42.7 Å². The van der Waals surface area contributed by atoms with E-state index >= 15 is 0 Å². The van der Waals surface area contributed by atoms with Crippen LogP contribution in [0, 0.1) is 29.2 Å². The Morgan fingerprint density at radius 1 is 0.780 bits per heavy atom. The Kier molecular flexibility index (Phi) is 9.23. The maximum atomic E-state index is 14.8. The van der Waals surface area contributed by atoms with Crippen LogP contribution in [0.4, 0.5) is 35.1 Å². The fourth-order valence-corrected chi connectivity index (χ4v) is 4.03. The van der Waals surface area contributed by atoms with E-state index in [-0.39, 0.29) is 24.1 Å². The van der Waals surface area contributed by atoms with E-state index in [9.17, 15) is 35.1 Å². The minimum Gasteiger partial charge on any atom is -0.429 e. The molecular formula is C29H24F8O4. The van der Waals surface area contributed by atoms with Crippen molar-refractivity contribution in [3.05, 3.63) is 107 Å². The maximum absolute atomic E-state index is 14.8. The molecule has 1 heterocycles. The molecule has 0 radical (unpaired) electrons. The van der Waals surface area contributed by atoms with Crippen LogP contribution < -0.4 is 9.47 Å². The second-order valence-electron chi connectivity index (χ2n) is 9.21. The summed E-state index contributed by atoms with van der Waals surface area (Å²) in [5.74, 6) is -8.95. The third-order valence-electron chi connectivity index (χ3n) is 6.17. The van der Waals surface area contributed by atoms with Crippen LogP contribution in [0.2, 0.25) is 0 Å². The number of alkyl halides is 4. The topological polar surface area (TPSA) is 36.9 Å². The minimum absolute atomic E-state index is 0.142. The third kappa shape index (κ3) is 7.36. The van der Waals surface area contributed by atoms with Crippen molar-refractivity contribution in [3.8, 4) is 11.5 Å². The third-order valence-corrected chi connectivity index (χ3v) is 6.17. The van der Waals surface area contributed by atoms with Gasteiger partial charge in [-0.3, -0.25) is 0 Å². The zero-order valence-electron chi connectivity index (χ0n) is 21.5. The molecule has 0 unspecified atom stereocenters. The van der Waals surface area contributed by atoms with Crippen molar-refractivity contribution >= 4 is 0 Å². The number of hydrogen-bond donors (Lipinski definition) is 0. The van der Waals surface area contributed by atoms with Gasteiger partial charge in [-0.15, -0.1) is 0 Å². The lowest BCUT2D eigenvalue weighted by Crippen LogP contribution is -2.27. The molecule has 1 saturated heterocycles. The summed E-state index contributed by atoms with van der Waals surface area (Å²) in [4.78, 5) is 0. The van der Waals surface area contributed by atoms with Gasteiger partial charge in [0, 0.05) is 29.7 Å². The highest BCUT2D eigenvalue weighted by Crippen LogP contribution is 2.38. The second kappa shape index (κ2) is 12.5. The second-order valence-corrected chi connectivity index (χ2v) is 9.21. The van der Waals surface area contributed by atoms with E-state index in [1.54, 1.807) is 0 Å². The van der Waals surface area contributed by atoms with Gasteiger partial charge in [0.2, 0.25) is 0 Å². The highest BCUT2D eigenvalue weighted by molar-refractivity contribution is 5.34. The van der Waals surface area contributed by atoms with Gasteiger partial charge < -0.3 is 18.9 Å². The van der Waals surface area contributed by atoms with Gasteiger partial charge in [-0.2, -0.15) is 17.6 Å². The molecular weight excluding hydrogens is 564 g/mol. The normalized spacial score (nSPS) is 18.1. The number of benzene rings is 3. The Labute approximate surface area is 230 Å². The summed E-state index contributed by atoms with van der Waals surface area (Å²) in [5, 5.41) is 0. The van der Waals surface area contributed by atoms with E-state index < -0.39 is 64.4 Å². The molecule has 0 atom stereocenters. The molecule has 4 nitrogen and oxygen atoms in total. The molecule has 3 aromatic carbocycles. The van der Waals surface area contributed by atoms with Crippen molar-refractivity contribution in [1.29, 1.82) is 0 Å². The monoisotopic (exact) mass is 588 g/mol. The summed E-state index contributed by atoms with van der Waals surface area (Å²) in [7, 11) is 0. The van der Waals surface area contributed by atoms with Gasteiger partial charge in [-0.05, 0) is 44.0 Å². The van der Waals surface area contributed by atoms with E-state index in [2.05, 4.69) is 9.47 Å². The predicted octanol–water partition coefficient (Wildman–Crippen LogP) is 8.52. The Morgan fingerprint density at radius 3 is 1.95 bits per heavy atom. The minimum atomic E-state index is -4.51. The van der Waals surface area contributed by atoms with Crippen LogP contribution in [-0.4, -0.2) is 13.2 Å². The number of halogens is 8. The Balaban J connectivity index is 1.40. The van der Waals surface area contributed by atoms with Crippen molar-refractivity contribution in [2.75, 3.05) is 13.2 Å². The van der Waals surface area contributed by atoms with Gasteiger partial charge in [-0.25, -0.2) is 17.6 Å². The van der Waals surface area contributed by atoms with E-state index in [1.807, 2.05) is 19.1 Å². The molecule has 220 valence electrons. The first-order valence-corrected chi connectivity index (χ1v) is 12.4. The molecule has 41 heavy (non-hydrogen) atoms. The molecule has 0 aromatic heterocycles. The van der Waals surface area contributed by atoms with Crippen LogP contribution in [0.5, 0.6) is 11.5 Å². The summed E-state index contributed by atoms with van der Waals surface area (Å²) in [6, 6.07) is 6.45. The lowest BCUT2D eigenvalue weighted by Gasteiger charge is -2.29. The van der Waals surface area contributed by atoms with Crippen LogP contribution in [0.25, 0.3) is 0 Å². The smallest absolute Gasteiger partial charge is 0.429 e. The zero-order valence-corrected chi connectivity index (χ0v) is 21.5. The van der Waals surface area contributed by atoms with Gasteiger partial charge in [0.05, 0.1) is 18.8 Å². The van der Waals surface area contributed by atoms with Crippen LogP contribution in [-0.2, 0) is 21.7 Å². The number of rotatable bonds is 10. The quantitative estimate of drug-likeness (QED) is 0.135. The summed E-state index contributed by atoms with van der Waals surface area (Å²) in [5.41, 5.74) is -1.56. The van der Waals surface area contributed by atoms with Crippen molar-refractivity contribution in [2.24, 2.45) is 5.92 Å². The molecule has 3 aromatic rings. The molecule has 0 N–H and O–H groups in total. The van der Waals surface area contributed by atoms with Gasteiger partial charge >= 0.3 is 12.2 Å². The van der Waals surface area contributed by atoms with Crippen molar-refractivity contribution < 1.29 is 54.1 Å². The van der Waals surface area contributed by atoms with Crippen molar-refractivity contribution in [3.63, 3.8) is 0 Å². The molecule has 12 heteroatoms. The molecule has 1 aliphatic heterocycles. The number of allylic oxidation sites excluding steroid dienone is 2. The lowest BCUT2D eigenvalue weighted by molar-refractivity contribution is -0.206. The first kappa shape index (κ1) is 30.3. The number of ether oxygens (including phenoxy) is 4. The highest BCUT2D eigenvalue weighted by Gasteiger charge is 2.40. The van der Waals surface area contributed by atoms with Gasteiger partial charge in [0.15, 0.2) is 23.7 Å². The standard InChI is InChI=1S/C29H24F8O4/c1-2-3-4-5-17-15-38-27(39-16-17)18-6-8-19(9-7-18)28(34,35)40-20-10-11-22(23(30)12-20)29(36,37)41-21-13-24(31)26(33)25(32)14-21/h2-3,6-14,17,27H,4-5,15-16H2,1H3/b3-2+. The Hall–Kier alpha value is -3.64. The predicted molar refractivity (Wildman–Crippen MR) is 130 cm³/mol. The summed E-state index contributed by atoms with van der Waals surface area (Å²) < 4.78 is 133. The van der Waals surface area contributed by atoms with Crippen LogP contribution in [0.3, 0.4) is 0 Å². The average Bonchev–Trinajstić information content (AvgIpc) is 2.92. The fourth-order valence-electron chi connectivity index (χ4n) is 4.03.